The molecular weight excluding hydrogens is 250 g/mol. The lowest BCUT2D eigenvalue weighted by Gasteiger charge is -2.10. The van der Waals surface area contributed by atoms with Crippen molar-refractivity contribution in [2.24, 2.45) is 5.73 Å². The van der Waals surface area contributed by atoms with E-state index in [1.54, 1.807) is 6.92 Å². The maximum atomic E-state index is 11.6. The van der Waals surface area contributed by atoms with Crippen molar-refractivity contribution in [3.05, 3.63) is 26.8 Å². The zero-order valence-electron chi connectivity index (χ0n) is 7.77. The van der Waals surface area contributed by atoms with Gasteiger partial charge in [-0.2, -0.15) is 0 Å². The summed E-state index contributed by atoms with van der Waals surface area (Å²) in [6.07, 6.45) is 0.686. The molecule has 0 spiro atoms. The van der Waals surface area contributed by atoms with Crippen LogP contribution in [0.2, 0.25) is 0 Å². The lowest BCUT2D eigenvalue weighted by atomic mass is 10.3. The molecule has 1 atom stereocenters. The van der Waals surface area contributed by atoms with Crippen LogP contribution >= 0.6 is 15.9 Å². The Morgan fingerprint density at radius 1 is 1.79 bits per heavy atom. The first kappa shape index (κ1) is 11.4. The van der Waals surface area contributed by atoms with Crippen LogP contribution in [0.25, 0.3) is 0 Å². The highest BCUT2D eigenvalue weighted by Gasteiger charge is 2.08. The zero-order chi connectivity index (χ0) is 10.7. The van der Waals surface area contributed by atoms with Crippen LogP contribution in [-0.2, 0) is 6.54 Å². The Morgan fingerprint density at radius 2 is 2.43 bits per heavy atom. The molecule has 14 heavy (non-hydrogen) atoms. The molecule has 0 aliphatic carbocycles. The Kier molecular flexibility index (Phi) is 3.79. The van der Waals surface area contributed by atoms with Crippen molar-refractivity contribution in [3.63, 3.8) is 0 Å². The van der Waals surface area contributed by atoms with Gasteiger partial charge in [0.2, 0.25) is 0 Å². The first-order valence-corrected chi connectivity index (χ1v) is 4.95. The summed E-state index contributed by atoms with van der Waals surface area (Å²) >= 11 is 3.13. The summed E-state index contributed by atoms with van der Waals surface area (Å²) in [5.41, 5.74) is 5.67. The number of hydrogen-bond acceptors (Lipinski definition) is 4. The fraction of sp³-hybridized carbons (Fsp3) is 0.500. The number of aliphatic hydroxyl groups excluding tert-OH is 1. The van der Waals surface area contributed by atoms with Crippen LogP contribution in [0.1, 0.15) is 5.69 Å². The number of rotatable bonds is 3. The molecule has 78 valence electrons. The Hall–Kier alpha value is -0.720. The van der Waals surface area contributed by atoms with Crippen LogP contribution in [-0.4, -0.2) is 27.3 Å². The van der Waals surface area contributed by atoms with Crippen molar-refractivity contribution >= 4 is 15.9 Å². The van der Waals surface area contributed by atoms with E-state index in [0.717, 1.165) is 0 Å². The highest BCUT2D eigenvalue weighted by atomic mass is 79.9. The monoisotopic (exact) mass is 261 g/mol. The van der Waals surface area contributed by atoms with E-state index in [2.05, 4.69) is 20.9 Å². The molecule has 0 bridgehead atoms. The van der Waals surface area contributed by atoms with Gasteiger partial charge in [0.1, 0.15) is 4.47 Å². The first-order chi connectivity index (χ1) is 6.56. The maximum absolute atomic E-state index is 11.6. The fourth-order valence-electron chi connectivity index (χ4n) is 0.978. The zero-order valence-corrected chi connectivity index (χ0v) is 9.36. The van der Waals surface area contributed by atoms with E-state index < -0.39 is 6.10 Å². The third-order valence-electron chi connectivity index (χ3n) is 1.84. The van der Waals surface area contributed by atoms with Crippen molar-refractivity contribution in [3.8, 4) is 0 Å². The predicted octanol–water partition coefficient (Wildman–Crippen LogP) is -0.366. The molecule has 1 heterocycles. The van der Waals surface area contributed by atoms with Gasteiger partial charge in [-0.1, -0.05) is 0 Å². The number of hydrogen-bond donors (Lipinski definition) is 2. The molecule has 1 rings (SSSR count). The maximum Gasteiger partial charge on any atom is 0.267 e. The predicted molar refractivity (Wildman–Crippen MR) is 56.0 cm³/mol. The minimum atomic E-state index is -0.718. The molecule has 0 saturated carbocycles. The summed E-state index contributed by atoms with van der Waals surface area (Å²) in [6.45, 7) is 2.02. The molecule has 1 aromatic heterocycles. The number of nitrogens with two attached hydrogens (primary N) is 1. The van der Waals surface area contributed by atoms with Crippen molar-refractivity contribution in [1.82, 2.24) is 9.55 Å². The van der Waals surface area contributed by atoms with Gasteiger partial charge in [-0.05, 0) is 22.9 Å². The van der Waals surface area contributed by atoms with Gasteiger partial charge in [-0.3, -0.25) is 9.36 Å². The molecular formula is C8H12BrN3O2. The second-order valence-corrected chi connectivity index (χ2v) is 3.78. The molecule has 5 nitrogen and oxygen atoms in total. The molecule has 0 fully saturated rings. The van der Waals surface area contributed by atoms with Gasteiger partial charge < -0.3 is 10.8 Å². The minimum Gasteiger partial charge on any atom is -0.390 e. The van der Waals surface area contributed by atoms with Crippen molar-refractivity contribution in [2.45, 2.75) is 19.6 Å². The fourth-order valence-corrected chi connectivity index (χ4v) is 1.31. The third kappa shape index (κ3) is 2.40. The third-order valence-corrected chi connectivity index (χ3v) is 2.75. The highest BCUT2D eigenvalue weighted by Crippen LogP contribution is 2.06. The van der Waals surface area contributed by atoms with E-state index in [-0.39, 0.29) is 18.6 Å². The van der Waals surface area contributed by atoms with Crippen molar-refractivity contribution in [2.75, 3.05) is 6.54 Å². The normalized spacial score (nSPS) is 12.9. The van der Waals surface area contributed by atoms with Crippen LogP contribution < -0.4 is 11.3 Å². The Balaban J connectivity index is 3.00. The summed E-state index contributed by atoms with van der Waals surface area (Å²) < 4.78 is 1.75. The smallest absolute Gasteiger partial charge is 0.267 e. The topological polar surface area (TPSA) is 81.1 Å². The van der Waals surface area contributed by atoms with E-state index in [1.807, 2.05) is 0 Å². The van der Waals surface area contributed by atoms with Crippen LogP contribution in [0.4, 0.5) is 0 Å². The van der Waals surface area contributed by atoms with Crippen LogP contribution in [0.15, 0.2) is 15.6 Å². The Labute approximate surface area is 89.7 Å². The van der Waals surface area contributed by atoms with Crippen LogP contribution in [0.3, 0.4) is 0 Å². The molecule has 0 radical (unpaired) electrons. The van der Waals surface area contributed by atoms with Gasteiger partial charge in [0.25, 0.3) is 5.56 Å². The lowest BCUT2D eigenvalue weighted by molar-refractivity contribution is 0.160. The lowest BCUT2D eigenvalue weighted by Crippen LogP contribution is -2.31. The number of aliphatic hydroxyl groups is 1. The van der Waals surface area contributed by atoms with Gasteiger partial charge in [-0.25, -0.2) is 4.98 Å². The summed E-state index contributed by atoms with van der Waals surface area (Å²) in [5, 5.41) is 9.27. The van der Waals surface area contributed by atoms with Gasteiger partial charge in [0.05, 0.1) is 24.7 Å². The second kappa shape index (κ2) is 4.68. The van der Waals surface area contributed by atoms with E-state index in [0.29, 0.717) is 10.2 Å². The SMILES string of the molecule is Cc1ncn(C[C@@H](O)CN)c(=O)c1Br. The molecule has 0 amide bonds. The molecule has 0 saturated heterocycles. The van der Waals surface area contributed by atoms with Gasteiger partial charge in [0, 0.05) is 6.54 Å². The molecule has 6 heteroatoms. The van der Waals surface area contributed by atoms with Gasteiger partial charge in [-0.15, -0.1) is 0 Å². The minimum absolute atomic E-state index is 0.123. The second-order valence-electron chi connectivity index (χ2n) is 2.99. The van der Waals surface area contributed by atoms with Crippen molar-refractivity contribution < 1.29 is 5.11 Å². The molecule has 1 aromatic rings. The van der Waals surface area contributed by atoms with E-state index >= 15 is 0 Å². The Morgan fingerprint density at radius 3 is 3.00 bits per heavy atom. The summed E-state index contributed by atoms with van der Waals surface area (Å²) in [5.74, 6) is 0. The van der Waals surface area contributed by atoms with E-state index in [9.17, 15) is 9.90 Å². The molecule has 0 aromatic carbocycles. The average Bonchev–Trinajstić information content (AvgIpc) is 2.19. The standard InChI is InChI=1S/C8H12BrN3O2/c1-5-7(9)8(14)12(4-11-5)3-6(13)2-10/h4,6,13H,2-3,10H2,1H3/t6-/m0/s1. The molecule has 0 aliphatic heterocycles. The number of halogens is 1. The Bertz CT molecular complexity index is 377. The van der Waals surface area contributed by atoms with Crippen molar-refractivity contribution in [1.29, 1.82) is 0 Å². The average molecular weight is 262 g/mol. The largest absolute Gasteiger partial charge is 0.390 e. The van der Waals surface area contributed by atoms with Crippen LogP contribution in [0.5, 0.6) is 0 Å². The van der Waals surface area contributed by atoms with Gasteiger partial charge >= 0.3 is 0 Å². The summed E-state index contributed by atoms with van der Waals surface area (Å²) in [4.78, 5) is 15.6. The van der Waals surface area contributed by atoms with Crippen LogP contribution in [0, 0.1) is 6.92 Å². The molecule has 0 unspecified atom stereocenters. The van der Waals surface area contributed by atoms with E-state index in [4.69, 9.17) is 5.73 Å². The van der Waals surface area contributed by atoms with Gasteiger partial charge in [0.15, 0.2) is 0 Å². The number of nitrogens with zero attached hydrogens (tertiary/aromatic N) is 2. The summed E-state index contributed by atoms with van der Waals surface area (Å²) in [6, 6.07) is 0. The first-order valence-electron chi connectivity index (χ1n) is 4.16. The summed E-state index contributed by atoms with van der Waals surface area (Å²) in [7, 11) is 0. The number of aryl methyl sites for hydroxylation is 1. The van der Waals surface area contributed by atoms with E-state index in [1.165, 1.54) is 10.9 Å². The molecule has 3 N–H and O–H groups in total. The quantitative estimate of drug-likeness (QED) is 0.779. The number of aromatic nitrogens is 2. The highest BCUT2D eigenvalue weighted by molar-refractivity contribution is 9.10. The molecule has 0 aliphatic rings.